The summed E-state index contributed by atoms with van der Waals surface area (Å²) in [5.74, 6) is 0.0773. The minimum atomic E-state index is -0.301. The molecule has 1 saturated heterocycles. The number of carbonyl (C=O) groups excluding carboxylic acids is 1. The van der Waals surface area contributed by atoms with Crippen molar-refractivity contribution >= 4 is 16.8 Å². The first kappa shape index (κ1) is 16.9. The third kappa shape index (κ3) is 3.25. The Bertz CT molecular complexity index is 928. The highest BCUT2D eigenvalue weighted by molar-refractivity contribution is 5.99. The molecule has 1 aromatic heterocycles. The second kappa shape index (κ2) is 6.61. The molecule has 3 aromatic rings. The number of morpholine rings is 1. The molecule has 2 aromatic carbocycles. The molecule has 0 saturated carbocycles. The van der Waals surface area contributed by atoms with Crippen molar-refractivity contribution in [2.24, 2.45) is 0 Å². The molecular formula is C22H24N2O2. The first-order valence-corrected chi connectivity index (χ1v) is 9.09. The molecule has 0 radical (unpaired) electrons. The number of benzene rings is 2. The summed E-state index contributed by atoms with van der Waals surface area (Å²) in [6.45, 7) is 6.58. The number of para-hydroxylation sites is 1. The average Bonchev–Trinajstić information content (AvgIpc) is 3.00. The van der Waals surface area contributed by atoms with Crippen molar-refractivity contribution in [1.29, 1.82) is 0 Å². The van der Waals surface area contributed by atoms with E-state index in [0.717, 1.165) is 16.6 Å². The van der Waals surface area contributed by atoms with E-state index >= 15 is 0 Å². The van der Waals surface area contributed by atoms with Gasteiger partial charge in [0.25, 0.3) is 5.91 Å². The lowest BCUT2D eigenvalue weighted by Crippen LogP contribution is -2.50. The molecule has 0 aliphatic carbocycles. The zero-order valence-electron chi connectivity index (χ0n) is 15.3. The van der Waals surface area contributed by atoms with Gasteiger partial charge in [-0.2, -0.15) is 0 Å². The highest BCUT2D eigenvalue weighted by Crippen LogP contribution is 2.24. The Morgan fingerprint density at radius 2 is 1.81 bits per heavy atom. The van der Waals surface area contributed by atoms with Crippen molar-refractivity contribution in [3.05, 3.63) is 71.9 Å². The molecule has 4 nitrogen and oxygen atoms in total. The van der Waals surface area contributed by atoms with Gasteiger partial charge >= 0.3 is 0 Å². The zero-order valence-corrected chi connectivity index (χ0v) is 15.3. The maximum absolute atomic E-state index is 13.3. The summed E-state index contributed by atoms with van der Waals surface area (Å²) < 4.78 is 7.90. The Morgan fingerprint density at radius 1 is 1.08 bits per heavy atom. The van der Waals surface area contributed by atoms with Crippen LogP contribution in [0.4, 0.5) is 0 Å². The monoisotopic (exact) mass is 348 g/mol. The van der Waals surface area contributed by atoms with E-state index in [1.54, 1.807) is 0 Å². The third-order valence-corrected chi connectivity index (χ3v) is 4.93. The molecule has 134 valence electrons. The Labute approximate surface area is 154 Å². The standard InChI is InChI=1S/C22H24N2O2/c1-22(2)16-23(12-13-26-22)21(25)20-14-18-10-6-7-11-19(18)24(20)15-17-8-4-3-5-9-17/h3-11,14H,12-13,15-16H2,1-2H3. The molecule has 1 aliphatic heterocycles. The van der Waals surface area contributed by atoms with Crippen LogP contribution in [0, 0.1) is 0 Å². The normalized spacial score (nSPS) is 16.8. The molecule has 0 spiro atoms. The van der Waals surface area contributed by atoms with Gasteiger partial charge in [0.15, 0.2) is 0 Å². The second-order valence-electron chi connectivity index (χ2n) is 7.49. The van der Waals surface area contributed by atoms with E-state index in [1.165, 1.54) is 5.56 Å². The van der Waals surface area contributed by atoms with Crippen LogP contribution >= 0.6 is 0 Å². The lowest BCUT2D eigenvalue weighted by atomic mass is 10.1. The van der Waals surface area contributed by atoms with Crippen LogP contribution in [0.3, 0.4) is 0 Å². The van der Waals surface area contributed by atoms with Gasteiger partial charge in [0.05, 0.1) is 12.2 Å². The number of rotatable bonds is 3. The number of amides is 1. The van der Waals surface area contributed by atoms with E-state index < -0.39 is 0 Å². The number of hydrogen-bond acceptors (Lipinski definition) is 2. The Balaban J connectivity index is 1.74. The quantitative estimate of drug-likeness (QED) is 0.718. The molecule has 1 fully saturated rings. The van der Waals surface area contributed by atoms with Gasteiger partial charge in [-0.1, -0.05) is 48.5 Å². The molecule has 1 aliphatic rings. The third-order valence-electron chi connectivity index (χ3n) is 4.93. The summed E-state index contributed by atoms with van der Waals surface area (Å²) in [7, 11) is 0. The van der Waals surface area contributed by atoms with Gasteiger partial charge in [0.2, 0.25) is 0 Å². The number of aromatic nitrogens is 1. The van der Waals surface area contributed by atoms with E-state index in [2.05, 4.69) is 28.8 Å². The topological polar surface area (TPSA) is 34.5 Å². The largest absolute Gasteiger partial charge is 0.372 e. The SMILES string of the molecule is CC1(C)CN(C(=O)c2cc3ccccc3n2Cc2ccccc2)CCO1. The smallest absolute Gasteiger partial charge is 0.270 e. The van der Waals surface area contributed by atoms with Crippen molar-refractivity contribution in [2.75, 3.05) is 19.7 Å². The molecule has 0 N–H and O–H groups in total. The van der Waals surface area contributed by atoms with Gasteiger partial charge < -0.3 is 14.2 Å². The van der Waals surface area contributed by atoms with Crippen molar-refractivity contribution in [3.8, 4) is 0 Å². The van der Waals surface area contributed by atoms with Crippen molar-refractivity contribution in [2.45, 2.75) is 26.0 Å². The first-order chi connectivity index (χ1) is 12.5. The summed E-state index contributed by atoms with van der Waals surface area (Å²) >= 11 is 0. The van der Waals surface area contributed by atoms with Gasteiger partial charge in [-0.05, 0) is 31.5 Å². The molecular weight excluding hydrogens is 324 g/mol. The van der Waals surface area contributed by atoms with Crippen LogP contribution < -0.4 is 0 Å². The van der Waals surface area contributed by atoms with Gasteiger partial charge in [-0.3, -0.25) is 4.79 Å². The average molecular weight is 348 g/mol. The maximum atomic E-state index is 13.3. The number of fused-ring (bicyclic) bond motifs is 1. The van der Waals surface area contributed by atoms with Crippen molar-refractivity contribution < 1.29 is 9.53 Å². The number of nitrogens with zero attached hydrogens (tertiary/aromatic N) is 2. The summed E-state index contributed by atoms with van der Waals surface area (Å²) in [5.41, 5.74) is 2.72. The summed E-state index contributed by atoms with van der Waals surface area (Å²) in [6, 6.07) is 20.5. The second-order valence-corrected chi connectivity index (χ2v) is 7.49. The van der Waals surface area contributed by atoms with Crippen LogP contribution in [0.5, 0.6) is 0 Å². The van der Waals surface area contributed by atoms with Crippen LogP contribution in [-0.4, -0.2) is 40.7 Å². The van der Waals surface area contributed by atoms with Gasteiger partial charge in [0, 0.05) is 30.5 Å². The van der Waals surface area contributed by atoms with E-state index in [1.807, 2.05) is 55.1 Å². The lowest BCUT2D eigenvalue weighted by molar-refractivity contribution is -0.0765. The van der Waals surface area contributed by atoms with Crippen LogP contribution in [0.2, 0.25) is 0 Å². The highest BCUT2D eigenvalue weighted by Gasteiger charge is 2.31. The predicted molar refractivity (Wildman–Crippen MR) is 103 cm³/mol. The summed E-state index contributed by atoms with van der Waals surface area (Å²) in [5, 5.41) is 1.10. The Morgan fingerprint density at radius 3 is 2.58 bits per heavy atom. The highest BCUT2D eigenvalue weighted by atomic mass is 16.5. The fourth-order valence-electron chi connectivity index (χ4n) is 3.68. The van der Waals surface area contributed by atoms with Gasteiger partial charge in [-0.25, -0.2) is 0 Å². The van der Waals surface area contributed by atoms with Crippen molar-refractivity contribution in [3.63, 3.8) is 0 Å². The first-order valence-electron chi connectivity index (χ1n) is 9.09. The van der Waals surface area contributed by atoms with Crippen LogP contribution in [0.15, 0.2) is 60.7 Å². The lowest BCUT2D eigenvalue weighted by Gasteiger charge is -2.38. The molecule has 4 rings (SSSR count). The molecule has 0 atom stereocenters. The van der Waals surface area contributed by atoms with E-state index in [-0.39, 0.29) is 11.5 Å². The Hall–Kier alpha value is -2.59. The maximum Gasteiger partial charge on any atom is 0.270 e. The zero-order chi connectivity index (χ0) is 18.1. The molecule has 0 bridgehead atoms. The predicted octanol–water partition coefficient (Wildman–Crippen LogP) is 3.94. The van der Waals surface area contributed by atoms with Gasteiger partial charge in [0.1, 0.15) is 5.69 Å². The fourth-order valence-corrected chi connectivity index (χ4v) is 3.68. The Kier molecular flexibility index (Phi) is 4.29. The van der Waals surface area contributed by atoms with Crippen molar-refractivity contribution in [1.82, 2.24) is 9.47 Å². The number of hydrogen-bond donors (Lipinski definition) is 0. The molecule has 4 heteroatoms. The van der Waals surface area contributed by atoms with E-state index in [9.17, 15) is 4.79 Å². The molecule has 0 unspecified atom stereocenters. The summed E-state index contributed by atoms with van der Waals surface area (Å²) in [6.07, 6.45) is 0. The molecule has 26 heavy (non-hydrogen) atoms. The minimum Gasteiger partial charge on any atom is -0.372 e. The van der Waals surface area contributed by atoms with Crippen LogP contribution in [0.25, 0.3) is 10.9 Å². The van der Waals surface area contributed by atoms with Gasteiger partial charge in [-0.15, -0.1) is 0 Å². The fraction of sp³-hybridized carbons (Fsp3) is 0.318. The number of ether oxygens (including phenoxy) is 1. The number of carbonyl (C=O) groups is 1. The minimum absolute atomic E-state index is 0.0773. The summed E-state index contributed by atoms with van der Waals surface area (Å²) in [4.78, 5) is 15.2. The van der Waals surface area contributed by atoms with Crippen LogP contribution in [-0.2, 0) is 11.3 Å². The van der Waals surface area contributed by atoms with Crippen LogP contribution in [0.1, 0.15) is 29.9 Å². The molecule has 2 heterocycles. The van der Waals surface area contributed by atoms with E-state index in [0.29, 0.717) is 26.2 Å². The molecule has 1 amide bonds. The van der Waals surface area contributed by atoms with E-state index in [4.69, 9.17) is 4.74 Å².